The predicted octanol–water partition coefficient (Wildman–Crippen LogP) is 1.77. The van der Waals surface area contributed by atoms with Crippen molar-refractivity contribution in [3.05, 3.63) is 42.5 Å². The van der Waals surface area contributed by atoms with Crippen molar-refractivity contribution >= 4 is 0 Å². The number of aromatic nitrogens is 2. The highest BCUT2D eigenvalue weighted by Gasteiger charge is 2.16. The van der Waals surface area contributed by atoms with Crippen LogP contribution in [0.4, 0.5) is 0 Å². The summed E-state index contributed by atoms with van der Waals surface area (Å²) in [6, 6.07) is 7.94. The fraction of sp³-hybridized carbons (Fsp3) is 0.333. The highest BCUT2D eigenvalue weighted by Crippen LogP contribution is 2.23. The molecule has 1 aliphatic heterocycles. The van der Waals surface area contributed by atoms with Gasteiger partial charge >= 0.3 is 0 Å². The standard InChI is InChI=1S/C15H17N3O2/c16-7-15-17-8-12(9-18-15)11-1-3-13(4-2-11)20-14-5-6-19-10-14/h1-4,8-9,14H,5-7,10,16H2. The molecule has 3 rings (SSSR count). The minimum atomic E-state index is 0.174. The monoisotopic (exact) mass is 271 g/mol. The molecule has 1 saturated heterocycles. The molecule has 104 valence electrons. The van der Waals surface area contributed by atoms with Gasteiger partial charge in [0.2, 0.25) is 0 Å². The summed E-state index contributed by atoms with van der Waals surface area (Å²) in [5.74, 6) is 1.51. The topological polar surface area (TPSA) is 70.3 Å². The van der Waals surface area contributed by atoms with E-state index in [0.717, 1.165) is 29.9 Å². The van der Waals surface area contributed by atoms with Gasteiger partial charge in [-0.3, -0.25) is 0 Å². The third-order valence-corrected chi connectivity index (χ3v) is 3.27. The molecular formula is C15H17N3O2. The lowest BCUT2D eigenvalue weighted by molar-refractivity contribution is 0.141. The molecule has 1 aromatic carbocycles. The van der Waals surface area contributed by atoms with E-state index in [-0.39, 0.29) is 6.10 Å². The SMILES string of the molecule is NCc1ncc(-c2ccc(OC3CCOC3)cc2)cn1. The Morgan fingerprint density at radius 3 is 2.50 bits per heavy atom. The molecule has 2 aromatic rings. The number of benzene rings is 1. The van der Waals surface area contributed by atoms with Crippen molar-refractivity contribution in [2.24, 2.45) is 5.73 Å². The van der Waals surface area contributed by atoms with Gasteiger partial charge in [0.1, 0.15) is 17.7 Å². The van der Waals surface area contributed by atoms with Gasteiger partial charge in [0.15, 0.2) is 0 Å². The Balaban J connectivity index is 1.71. The molecule has 0 aliphatic carbocycles. The van der Waals surface area contributed by atoms with Crippen LogP contribution in [-0.4, -0.2) is 29.3 Å². The predicted molar refractivity (Wildman–Crippen MR) is 75.2 cm³/mol. The van der Waals surface area contributed by atoms with Gasteiger partial charge in [-0.15, -0.1) is 0 Å². The van der Waals surface area contributed by atoms with Crippen LogP contribution in [-0.2, 0) is 11.3 Å². The van der Waals surface area contributed by atoms with Crippen LogP contribution in [0.15, 0.2) is 36.7 Å². The zero-order valence-corrected chi connectivity index (χ0v) is 11.2. The van der Waals surface area contributed by atoms with E-state index in [4.69, 9.17) is 15.2 Å². The first-order chi connectivity index (χ1) is 9.85. The van der Waals surface area contributed by atoms with Gasteiger partial charge in [0.25, 0.3) is 0 Å². The van der Waals surface area contributed by atoms with Gasteiger partial charge < -0.3 is 15.2 Å². The second kappa shape index (κ2) is 5.98. The number of hydrogen-bond donors (Lipinski definition) is 1. The van der Waals surface area contributed by atoms with E-state index in [0.29, 0.717) is 19.0 Å². The summed E-state index contributed by atoms with van der Waals surface area (Å²) in [4.78, 5) is 8.39. The summed E-state index contributed by atoms with van der Waals surface area (Å²) in [5.41, 5.74) is 7.51. The Labute approximate surface area is 117 Å². The molecule has 1 aromatic heterocycles. The third kappa shape index (κ3) is 2.95. The maximum Gasteiger partial charge on any atom is 0.141 e. The van der Waals surface area contributed by atoms with E-state index >= 15 is 0 Å². The molecule has 0 amide bonds. The van der Waals surface area contributed by atoms with Crippen molar-refractivity contribution in [3.8, 4) is 16.9 Å². The lowest BCUT2D eigenvalue weighted by Gasteiger charge is -2.12. The fourth-order valence-electron chi connectivity index (χ4n) is 2.13. The Morgan fingerprint density at radius 1 is 1.15 bits per heavy atom. The normalized spacial score (nSPS) is 18.1. The molecule has 1 atom stereocenters. The second-order valence-electron chi connectivity index (χ2n) is 4.72. The Hall–Kier alpha value is -1.98. The lowest BCUT2D eigenvalue weighted by Crippen LogP contribution is -2.15. The molecule has 0 bridgehead atoms. The number of nitrogens with two attached hydrogens (primary N) is 1. The Bertz CT molecular complexity index is 548. The Kier molecular flexibility index (Phi) is 3.90. The van der Waals surface area contributed by atoms with Crippen molar-refractivity contribution in [1.29, 1.82) is 0 Å². The molecule has 1 fully saturated rings. The van der Waals surface area contributed by atoms with Crippen LogP contribution in [0.2, 0.25) is 0 Å². The first-order valence-electron chi connectivity index (χ1n) is 6.71. The maximum atomic E-state index is 5.83. The van der Waals surface area contributed by atoms with Crippen LogP contribution >= 0.6 is 0 Å². The fourth-order valence-corrected chi connectivity index (χ4v) is 2.13. The molecule has 20 heavy (non-hydrogen) atoms. The molecule has 1 unspecified atom stereocenters. The summed E-state index contributed by atoms with van der Waals surface area (Å²) in [5, 5.41) is 0. The first kappa shape index (κ1) is 13.0. The zero-order chi connectivity index (χ0) is 13.8. The molecule has 0 radical (unpaired) electrons. The largest absolute Gasteiger partial charge is 0.488 e. The highest BCUT2D eigenvalue weighted by atomic mass is 16.5. The lowest BCUT2D eigenvalue weighted by atomic mass is 10.1. The molecule has 0 saturated carbocycles. The van der Waals surface area contributed by atoms with E-state index < -0.39 is 0 Å². The number of hydrogen-bond acceptors (Lipinski definition) is 5. The van der Waals surface area contributed by atoms with Crippen molar-refractivity contribution in [1.82, 2.24) is 9.97 Å². The minimum Gasteiger partial charge on any atom is -0.488 e. The van der Waals surface area contributed by atoms with Crippen molar-refractivity contribution < 1.29 is 9.47 Å². The molecule has 2 N–H and O–H groups in total. The first-order valence-corrected chi connectivity index (χ1v) is 6.71. The van der Waals surface area contributed by atoms with Crippen LogP contribution in [0.3, 0.4) is 0 Å². The van der Waals surface area contributed by atoms with E-state index in [1.165, 1.54) is 0 Å². The van der Waals surface area contributed by atoms with E-state index in [2.05, 4.69) is 9.97 Å². The van der Waals surface area contributed by atoms with Gasteiger partial charge in [0, 0.05) is 24.4 Å². The zero-order valence-electron chi connectivity index (χ0n) is 11.2. The maximum absolute atomic E-state index is 5.83. The molecule has 5 nitrogen and oxygen atoms in total. The van der Waals surface area contributed by atoms with Gasteiger partial charge in [-0.2, -0.15) is 0 Å². The average molecular weight is 271 g/mol. The third-order valence-electron chi connectivity index (χ3n) is 3.27. The number of nitrogens with zero attached hydrogens (tertiary/aromatic N) is 2. The number of rotatable bonds is 4. The van der Waals surface area contributed by atoms with Crippen LogP contribution in [0, 0.1) is 0 Å². The molecule has 2 heterocycles. The van der Waals surface area contributed by atoms with E-state index in [1.54, 1.807) is 12.4 Å². The van der Waals surface area contributed by atoms with Crippen LogP contribution < -0.4 is 10.5 Å². The van der Waals surface area contributed by atoms with E-state index in [1.807, 2.05) is 24.3 Å². The van der Waals surface area contributed by atoms with Gasteiger partial charge in [-0.25, -0.2) is 9.97 Å². The van der Waals surface area contributed by atoms with Crippen molar-refractivity contribution in [2.75, 3.05) is 13.2 Å². The van der Waals surface area contributed by atoms with Crippen LogP contribution in [0.25, 0.3) is 11.1 Å². The van der Waals surface area contributed by atoms with E-state index in [9.17, 15) is 0 Å². The highest BCUT2D eigenvalue weighted by molar-refractivity contribution is 5.62. The molecular weight excluding hydrogens is 254 g/mol. The summed E-state index contributed by atoms with van der Waals surface area (Å²) in [7, 11) is 0. The van der Waals surface area contributed by atoms with Crippen LogP contribution in [0.1, 0.15) is 12.2 Å². The molecule has 5 heteroatoms. The van der Waals surface area contributed by atoms with Gasteiger partial charge in [-0.05, 0) is 17.7 Å². The molecule has 1 aliphatic rings. The van der Waals surface area contributed by atoms with Gasteiger partial charge in [0.05, 0.1) is 19.8 Å². The number of ether oxygens (including phenoxy) is 2. The molecule has 0 spiro atoms. The second-order valence-corrected chi connectivity index (χ2v) is 4.72. The van der Waals surface area contributed by atoms with Crippen LogP contribution in [0.5, 0.6) is 5.75 Å². The Morgan fingerprint density at radius 2 is 1.90 bits per heavy atom. The smallest absolute Gasteiger partial charge is 0.141 e. The summed E-state index contributed by atoms with van der Waals surface area (Å²) < 4.78 is 11.1. The summed E-state index contributed by atoms with van der Waals surface area (Å²) in [6.07, 6.45) is 4.70. The van der Waals surface area contributed by atoms with Crippen molar-refractivity contribution in [3.63, 3.8) is 0 Å². The minimum absolute atomic E-state index is 0.174. The average Bonchev–Trinajstić information content (AvgIpc) is 3.01. The quantitative estimate of drug-likeness (QED) is 0.917. The van der Waals surface area contributed by atoms with Crippen molar-refractivity contribution in [2.45, 2.75) is 19.1 Å². The summed E-state index contributed by atoms with van der Waals surface area (Å²) >= 11 is 0. The summed E-state index contributed by atoms with van der Waals surface area (Å²) in [6.45, 7) is 1.82. The van der Waals surface area contributed by atoms with Gasteiger partial charge in [-0.1, -0.05) is 12.1 Å².